The fourth-order valence-electron chi connectivity index (χ4n) is 3.42. The molecule has 2 saturated heterocycles. The van der Waals surface area contributed by atoms with Crippen molar-refractivity contribution in [2.45, 2.75) is 38.8 Å². The van der Waals surface area contributed by atoms with Crippen molar-refractivity contribution in [3.63, 3.8) is 0 Å². The second-order valence-electron chi connectivity index (χ2n) is 5.82. The van der Waals surface area contributed by atoms with Crippen LogP contribution in [0.4, 0.5) is 5.82 Å². The lowest BCUT2D eigenvalue weighted by Crippen LogP contribution is -2.55. The van der Waals surface area contributed by atoms with Gasteiger partial charge in [0, 0.05) is 38.4 Å². The van der Waals surface area contributed by atoms with Gasteiger partial charge in [0.1, 0.15) is 5.82 Å². The van der Waals surface area contributed by atoms with Crippen molar-refractivity contribution in [2.75, 3.05) is 31.1 Å². The Labute approximate surface area is 115 Å². The fourth-order valence-corrected chi connectivity index (χ4v) is 3.42. The molecule has 1 unspecified atom stereocenters. The molecule has 4 heteroatoms. The number of piperidine rings is 1. The predicted octanol–water partition coefficient (Wildman–Crippen LogP) is 1.52. The highest BCUT2D eigenvalue weighted by Gasteiger charge is 2.29. The van der Waals surface area contributed by atoms with Crippen LogP contribution in [0.5, 0.6) is 0 Å². The first-order valence-corrected chi connectivity index (χ1v) is 7.42. The maximum absolute atomic E-state index is 5.67. The Kier molecular flexibility index (Phi) is 3.71. The lowest BCUT2D eigenvalue weighted by atomic mass is 9.99. The van der Waals surface area contributed by atoms with Gasteiger partial charge in [0.05, 0.1) is 0 Å². The summed E-state index contributed by atoms with van der Waals surface area (Å²) in [5, 5.41) is 0. The van der Waals surface area contributed by atoms with Crippen LogP contribution in [0.15, 0.2) is 12.3 Å². The third kappa shape index (κ3) is 2.60. The molecule has 0 radical (unpaired) electrons. The van der Waals surface area contributed by atoms with Gasteiger partial charge in [0.15, 0.2) is 0 Å². The number of hydrogen-bond donors (Lipinski definition) is 1. The summed E-state index contributed by atoms with van der Waals surface area (Å²) >= 11 is 0. The number of pyridine rings is 1. The first-order valence-electron chi connectivity index (χ1n) is 7.42. The van der Waals surface area contributed by atoms with Gasteiger partial charge >= 0.3 is 0 Å². The van der Waals surface area contributed by atoms with E-state index in [1.807, 2.05) is 6.20 Å². The highest BCUT2D eigenvalue weighted by atomic mass is 15.3. The van der Waals surface area contributed by atoms with Crippen molar-refractivity contribution in [3.8, 4) is 0 Å². The van der Waals surface area contributed by atoms with Crippen LogP contribution >= 0.6 is 0 Å². The summed E-state index contributed by atoms with van der Waals surface area (Å²) in [6.45, 7) is 7.43. The van der Waals surface area contributed by atoms with Gasteiger partial charge in [-0.2, -0.15) is 0 Å². The molecule has 3 rings (SSSR count). The molecule has 0 saturated carbocycles. The van der Waals surface area contributed by atoms with Crippen LogP contribution in [0.1, 0.15) is 30.4 Å². The Balaban J connectivity index is 1.75. The molecule has 4 nitrogen and oxygen atoms in total. The quantitative estimate of drug-likeness (QED) is 0.876. The summed E-state index contributed by atoms with van der Waals surface area (Å²) in [4.78, 5) is 9.75. The number of rotatable bonds is 2. The van der Waals surface area contributed by atoms with Crippen LogP contribution in [0.2, 0.25) is 0 Å². The largest absolute Gasteiger partial charge is 0.354 e. The average molecular weight is 260 g/mol. The minimum atomic E-state index is 0.574. The molecular formula is C15H24N4. The fraction of sp³-hybridized carbons (Fsp3) is 0.667. The van der Waals surface area contributed by atoms with Crippen LogP contribution < -0.4 is 10.6 Å². The highest BCUT2D eigenvalue weighted by molar-refractivity contribution is 5.48. The van der Waals surface area contributed by atoms with Crippen LogP contribution in [0, 0.1) is 6.92 Å². The van der Waals surface area contributed by atoms with E-state index in [0.29, 0.717) is 6.54 Å². The molecule has 0 bridgehead atoms. The maximum atomic E-state index is 5.67. The molecule has 2 N–H and O–H groups in total. The van der Waals surface area contributed by atoms with E-state index in [1.165, 1.54) is 37.9 Å². The van der Waals surface area contributed by atoms with E-state index in [1.54, 1.807) is 0 Å². The first kappa shape index (κ1) is 12.9. The molecule has 104 valence electrons. The van der Waals surface area contributed by atoms with Crippen LogP contribution in [0.3, 0.4) is 0 Å². The number of nitrogens with two attached hydrogens (primary N) is 1. The zero-order valence-corrected chi connectivity index (χ0v) is 11.8. The Morgan fingerprint density at radius 3 is 3.00 bits per heavy atom. The second-order valence-corrected chi connectivity index (χ2v) is 5.82. The third-order valence-corrected chi connectivity index (χ3v) is 4.48. The Bertz CT molecular complexity index is 446. The van der Waals surface area contributed by atoms with E-state index in [2.05, 4.69) is 27.8 Å². The van der Waals surface area contributed by atoms with Gasteiger partial charge < -0.3 is 10.6 Å². The van der Waals surface area contributed by atoms with Crippen molar-refractivity contribution < 1.29 is 0 Å². The Morgan fingerprint density at radius 1 is 1.32 bits per heavy atom. The van der Waals surface area contributed by atoms with E-state index in [-0.39, 0.29) is 0 Å². The van der Waals surface area contributed by atoms with E-state index >= 15 is 0 Å². The number of nitrogens with zero attached hydrogens (tertiary/aromatic N) is 3. The molecule has 0 aliphatic carbocycles. The summed E-state index contributed by atoms with van der Waals surface area (Å²) in [6, 6.07) is 2.91. The molecule has 0 spiro atoms. The summed E-state index contributed by atoms with van der Waals surface area (Å²) in [5.74, 6) is 1.16. The Hall–Kier alpha value is -1.13. The molecule has 1 aromatic heterocycles. The zero-order valence-electron chi connectivity index (χ0n) is 11.8. The number of aromatic nitrogens is 1. The lowest BCUT2D eigenvalue weighted by molar-refractivity contribution is 0.133. The average Bonchev–Trinajstić information content (AvgIpc) is 2.46. The van der Waals surface area contributed by atoms with Crippen LogP contribution in [0.25, 0.3) is 0 Å². The van der Waals surface area contributed by atoms with Crippen LogP contribution in [-0.4, -0.2) is 42.1 Å². The van der Waals surface area contributed by atoms with Gasteiger partial charge in [-0.1, -0.05) is 6.42 Å². The number of anilines is 1. The number of fused-ring (bicyclic) bond motifs is 1. The molecular weight excluding hydrogens is 236 g/mol. The molecule has 3 heterocycles. The van der Waals surface area contributed by atoms with E-state index < -0.39 is 0 Å². The van der Waals surface area contributed by atoms with E-state index in [4.69, 9.17) is 5.73 Å². The highest BCUT2D eigenvalue weighted by Crippen LogP contribution is 2.25. The molecule has 1 atom stereocenters. The van der Waals surface area contributed by atoms with E-state index in [9.17, 15) is 0 Å². The van der Waals surface area contributed by atoms with Gasteiger partial charge in [0.2, 0.25) is 0 Å². The van der Waals surface area contributed by atoms with E-state index in [0.717, 1.165) is 30.5 Å². The monoisotopic (exact) mass is 260 g/mol. The van der Waals surface area contributed by atoms with Crippen molar-refractivity contribution in [1.29, 1.82) is 0 Å². The normalized spacial score (nSPS) is 24.3. The van der Waals surface area contributed by atoms with Gasteiger partial charge in [-0.05, 0) is 43.5 Å². The predicted molar refractivity (Wildman–Crippen MR) is 78.3 cm³/mol. The van der Waals surface area contributed by atoms with Gasteiger partial charge in [-0.25, -0.2) is 4.98 Å². The maximum Gasteiger partial charge on any atom is 0.131 e. The minimum Gasteiger partial charge on any atom is -0.354 e. The lowest BCUT2D eigenvalue weighted by Gasteiger charge is -2.44. The summed E-state index contributed by atoms with van der Waals surface area (Å²) in [7, 11) is 0. The summed E-state index contributed by atoms with van der Waals surface area (Å²) in [6.07, 6.45) is 6.03. The van der Waals surface area contributed by atoms with Crippen molar-refractivity contribution in [2.24, 2.45) is 5.73 Å². The summed E-state index contributed by atoms with van der Waals surface area (Å²) < 4.78 is 0. The molecule has 2 aliphatic rings. The third-order valence-electron chi connectivity index (χ3n) is 4.48. The van der Waals surface area contributed by atoms with Gasteiger partial charge in [0.25, 0.3) is 0 Å². The molecule has 19 heavy (non-hydrogen) atoms. The second kappa shape index (κ2) is 5.47. The minimum absolute atomic E-state index is 0.574. The topological polar surface area (TPSA) is 45.4 Å². The van der Waals surface area contributed by atoms with Crippen molar-refractivity contribution in [3.05, 3.63) is 23.4 Å². The molecule has 2 fully saturated rings. The molecule has 0 aromatic carbocycles. The number of piperazine rings is 1. The van der Waals surface area contributed by atoms with Crippen molar-refractivity contribution >= 4 is 5.82 Å². The molecule has 1 aromatic rings. The Morgan fingerprint density at radius 2 is 2.21 bits per heavy atom. The van der Waals surface area contributed by atoms with Crippen LogP contribution in [-0.2, 0) is 6.54 Å². The SMILES string of the molecule is Cc1cc(CN)cnc1N1CCN2CCCCC2C1. The summed E-state index contributed by atoms with van der Waals surface area (Å²) in [5.41, 5.74) is 8.05. The van der Waals surface area contributed by atoms with Gasteiger partial charge in [-0.15, -0.1) is 0 Å². The number of hydrogen-bond acceptors (Lipinski definition) is 4. The van der Waals surface area contributed by atoms with Crippen molar-refractivity contribution in [1.82, 2.24) is 9.88 Å². The molecule has 2 aliphatic heterocycles. The first-order chi connectivity index (χ1) is 9.28. The zero-order chi connectivity index (χ0) is 13.2. The number of aryl methyl sites for hydroxylation is 1. The molecule has 0 amide bonds. The van der Waals surface area contributed by atoms with Gasteiger partial charge in [-0.3, -0.25) is 4.90 Å². The smallest absolute Gasteiger partial charge is 0.131 e. The standard InChI is InChI=1S/C15H24N4/c1-12-8-13(9-16)10-17-15(12)19-7-6-18-5-3-2-4-14(18)11-19/h8,10,14H,2-7,9,11,16H2,1H3.